The van der Waals surface area contributed by atoms with E-state index in [-0.39, 0.29) is 5.91 Å². The smallest absolute Gasteiger partial charge is 0.244 e. The van der Waals surface area contributed by atoms with Gasteiger partial charge < -0.3 is 4.90 Å². The van der Waals surface area contributed by atoms with Crippen molar-refractivity contribution in [1.29, 1.82) is 0 Å². The molecule has 1 aromatic carbocycles. The van der Waals surface area contributed by atoms with Crippen LogP contribution in [0.4, 0.5) is 0 Å². The second kappa shape index (κ2) is 7.25. The Balaban J connectivity index is 1.49. The van der Waals surface area contributed by atoms with E-state index in [2.05, 4.69) is 35.4 Å². The number of aryl methyl sites for hydroxylation is 1. The topological polar surface area (TPSA) is 38.1 Å². The number of benzene rings is 1. The predicted molar refractivity (Wildman–Crippen MR) is 86.3 cm³/mol. The van der Waals surface area contributed by atoms with Gasteiger partial charge in [0.05, 0.1) is 0 Å². The summed E-state index contributed by atoms with van der Waals surface area (Å²) < 4.78 is 1.70. The zero-order valence-electron chi connectivity index (χ0n) is 12.9. The van der Waals surface area contributed by atoms with Crippen LogP contribution in [0.5, 0.6) is 0 Å². The second-order valence-electron chi connectivity index (χ2n) is 6.08. The maximum absolute atomic E-state index is 12.4. The minimum absolute atomic E-state index is 0.188. The molecule has 1 aliphatic rings. The minimum atomic E-state index is 0.188. The highest BCUT2D eigenvalue weighted by Crippen LogP contribution is 2.21. The first-order valence-corrected chi connectivity index (χ1v) is 8.10. The van der Waals surface area contributed by atoms with E-state index in [1.54, 1.807) is 10.9 Å². The van der Waals surface area contributed by atoms with Gasteiger partial charge >= 0.3 is 0 Å². The van der Waals surface area contributed by atoms with E-state index < -0.39 is 0 Å². The largest absolute Gasteiger partial charge is 0.341 e. The lowest BCUT2D eigenvalue weighted by atomic mass is 9.91. The number of nitrogens with zero attached hydrogens (tertiary/aromatic N) is 3. The highest BCUT2D eigenvalue weighted by molar-refractivity contribution is 5.76. The van der Waals surface area contributed by atoms with Gasteiger partial charge in [-0.15, -0.1) is 0 Å². The second-order valence-corrected chi connectivity index (χ2v) is 6.08. The van der Waals surface area contributed by atoms with Crippen molar-refractivity contribution in [1.82, 2.24) is 14.7 Å². The van der Waals surface area contributed by atoms with Gasteiger partial charge in [-0.3, -0.25) is 9.48 Å². The average Bonchev–Trinajstić information content (AvgIpc) is 3.07. The van der Waals surface area contributed by atoms with E-state index in [4.69, 9.17) is 0 Å². The molecule has 2 aromatic rings. The molecule has 4 nitrogen and oxygen atoms in total. The van der Waals surface area contributed by atoms with Gasteiger partial charge in [-0.05, 0) is 43.2 Å². The number of carbonyl (C=O) groups is 1. The molecule has 116 valence electrons. The number of likely N-dealkylation sites (tertiary alicyclic amines) is 1. The summed E-state index contributed by atoms with van der Waals surface area (Å²) in [6.07, 6.45) is 8.17. The van der Waals surface area contributed by atoms with Crippen LogP contribution in [0.2, 0.25) is 0 Å². The van der Waals surface area contributed by atoms with E-state index in [1.165, 1.54) is 12.0 Å². The Morgan fingerprint density at radius 1 is 1.23 bits per heavy atom. The fraction of sp³-hybridized carbons (Fsp3) is 0.444. The molecule has 0 bridgehead atoms. The Kier molecular flexibility index (Phi) is 4.88. The number of aromatic nitrogens is 2. The van der Waals surface area contributed by atoms with Crippen LogP contribution in [0.3, 0.4) is 0 Å². The maximum Gasteiger partial charge on any atom is 0.244 e. The van der Waals surface area contributed by atoms with Gasteiger partial charge in [-0.1, -0.05) is 30.3 Å². The molecule has 0 unspecified atom stereocenters. The molecule has 0 spiro atoms. The van der Waals surface area contributed by atoms with Gasteiger partial charge in [0.15, 0.2) is 0 Å². The first-order chi connectivity index (χ1) is 10.8. The van der Waals surface area contributed by atoms with E-state index in [9.17, 15) is 4.79 Å². The predicted octanol–water partition coefficient (Wildman–Crippen LogP) is 2.75. The summed E-state index contributed by atoms with van der Waals surface area (Å²) in [6, 6.07) is 12.5. The van der Waals surface area contributed by atoms with Crippen LogP contribution < -0.4 is 0 Å². The molecule has 1 fully saturated rings. The Morgan fingerprint density at radius 2 is 2.09 bits per heavy atom. The van der Waals surface area contributed by atoms with Crippen molar-refractivity contribution >= 4 is 5.91 Å². The Hall–Kier alpha value is -2.10. The molecule has 1 aromatic heterocycles. The van der Waals surface area contributed by atoms with Crippen molar-refractivity contribution in [2.24, 2.45) is 5.92 Å². The third-order valence-electron chi connectivity index (χ3n) is 4.41. The molecule has 22 heavy (non-hydrogen) atoms. The van der Waals surface area contributed by atoms with Crippen molar-refractivity contribution in [3.63, 3.8) is 0 Å². The number of piperidine rings is 1. The van der Waals surface area contributed by atoms with Gasteiger partial charge in [0.25, 0.3) is 0 Å². The molecule has 3 rings (SSSR count). The van der Waals surface area contributed by atoms with Crippen LogP contribution in [0.1, 0.15) is 24.8 Å². The van der Waals surface area contributed by atoms with E-state index in [1.807, 2.05) is 17.2 Å². The molecule has 0 aliphatic carbocycles. The summed E-state index contributed by atoms with van der Waals surface area (Å²) in [5.74, 6) is 0.809. The van der Waals surface area contributed by atoms with Crippen LogP contribution >= 0.6 is 0 Å². The van der Waals surface area contributed by atoms with Crippen molar-refractivity contribution in [3.8, 4) is 0 Å². The number of hydrogen-bond acceptors (Lipinski definition) is 2. The van der Waals surface area contributed by atoms with E-state index in [0.717, 1.165) is 32.4 Å². The quantitative estimate of drug-likeness (QED) is 0.851. The fourth-order valence-electron chi connectivity index (χ4n) is 3.18. The summed E-state index contributed by atoms with van der Waals surface area (Å²) in [6.45, 7) is 2.15. The third-order valence-corrected chi connectivity index (χ3v) is 4.41. The van der Waals surface area contributed by atoms with Crippen LogP contribution in [-0.2, 0) is 17.8 Å². The van der Waals surface area contributed by atoms with Crippen LogP contribution in [0, 0.1) is 5.92 Å². The zero-order valence-corrected chi connectivity index (χ0v) is 12.9. The van der Waals surface area contributed by atoms with Crippen molar-refractivity contribution in [2.45, 2.75) is 32.2 Å². The fourth-order valence-corrected chi connectivity index (χ4v) is 3.18. The molecular formula is C18H23N3O. The van der Waals surface area contributed by atoms with Crippen LogP contribution in [0.15, 0.2) is 48.8 Å². The molecule has 0 N–H and O–H groups in total. The summed E-state index contributed by atoms with van der Waals surface area (Å²) in [5.41, 5.74) is 1.39. The molecular weight excluding hydrogens is 274 g/mol. The van der Waals surface area contributed by atoms with E-state index >= 15 is 0 Å². The Labute approximate surface area is 131 Å². The highest BCUT2D eigenvalue weighted by Gasteiger charge is 2.23. The van der Waals surface area contributed by atoms with E-state index in [0.29, 0.717) is 12.5 Å². The molecule has 4 heteroatoms. The van der Waals surface area contributed by atoms with Gasteiger partial charge in [-0.25, -0.2) is 0 Å². The van der Waals surface area contributed by atoms with Crippen LogP contribution in [-0.4, -0.2) is 33.7 Å². The molecule has 1 saturated heterocycles. The SMILES string of the molecule is O=C(Cn1cccn1)N1CCC[C@H](CCc2ccccc2)C1. The number of carbonyl (C=O) groups excluding carboxylic acids is 1. The molecule has 1 aliphatic heterocycles. The normalized spacial score (nSPS) is 18.4. The maximum atomic E-state index is 12.4. The van der Waals surface area contributed by atoms with Crippen molar-refractivity contribution in [2.75, 3.05) is 13.1 Å². The lowest BCUT2D eigenvalue weighted by molar-refractivity contribution is -0.133. The summed E-state index contributed by atoms with van der Waals surface area (Å²) >= 11 is 0. The summed E-state index contributed by atoms with van der Waals surface area (Å²) in [4.78, 5) is 14.4. The third kappa shape index (κ3) is 3.97. The highest BCUT2D eigenvalue weighted by atomic mass is 16.2. The van der Waals surface area contributed by atoms with Gasteiger partial charge in [0.2, 0.25) is 5.91 Å². The molecule has 1 atom stereocenters. The Bertz CT molecular complexity index is 580. The number of rotatable bonds is 5. The van der Waals surface area contributed by atoms with Gasteiger partial charge in [0, 0.05) is 25.5 Å². The van der Waals surface area contributed by atoms with Gasteiger partial charge in [0.1, 0.15) is 6.54 Å². The summed E-state index contributed by atoms with van der Waals surface area (Å²) in [5, 5.41) is 4.12. The molecule has 0 radical (unpaired) electrons. The standard InChI is InChI=1S/C18H23N3O/c22-18(15-21-13-5-11-19-21)20-12-4-8-17(14-20)10-9-16-6-2-1-3-7-16/h1-3,5-7,11,13,17H,4,8-10,12,14-15H2/t17-/m1/s1. The molecule has 2 heterocycles. The first kappa shape index (κ1) is 14.8. The zero-order chi connectivity index (χ0) is 15.2. The van der Waals surface area contributed by atoms with Crippen molar-refractivity contribution < 1.29 is 4.79 Å². The lowest BCUT2D eigenvalue weighted by Gasteiger charge is -2.33. The monoisotopic (exact) mass is 297 g/mol. The van der Waals surface area contributed by atoms with Crippen LogP contribution in [0.25, 0.3) is 0 Å². The summed E-state index contributed by atoms with van der Waals surface area (Å²) in [7, 11) is 0. The first-order valence-electron chi connectivity index (χ1n) is 8.10. The van der Waals surface area contributed by atoms with Crippen molar-refractivity contribution in [3.05, 3.63) is 54.4 Å². The minimum Gasteiger partial charge on any atom is -0.341 e. The average molecular weight is 297 g/mol. The van der Waals surface area contributed by atoms with Gasteiger partial charge in [-0.2, -0.15) is 5.10 Å². The molecule has 1 amide bonds. The molecule has 0 saturated carbocycles. The number of hydrogen-bond donors (Lipinski definition) is 0. The lowest BCUT2D eigenvalue weighted by Crippen LogP contribution is -2.41. The Morgan fingerprint density at radius 3 is 2.86 bits per heavy atom. The number of amides is 1.